The molecule has 1 atom stereocenters. The van der Waals surface area contributed by atoms with E-state index < -0.39 is 0 Å². The normalized spacial score (nSPS) is 16.8. The van der Waals surface area contributed by atoms with Gasteiger partial charge < -0.3 is 9.80 Å². The Labute approximate surface area is 158 Å². The number of piperidine rings is 1. The number of carbonyl (C=O) groups excluding carboxylic acids is 2. The van der Waals surface area contributed by atoms with Crippen molar-refractivity contribution >= 4 is 11.8 Å². The van der Waals surface area contributed by atoms with Crippen LogP contribution in [0.15, 0.2) is 48.8 Å². The van der Waals surface area contributed by atoms with Gasteiger partial charge in [-0.3, -0.25) is 14.6 Å². The molecule has 142 valence electrons. The molecule has 1 fully saturated rings. The highest BCUT2D eigenvalue weighted by Gasteiger charge is 2.30. The monoisotopic (exact) mass is 369 g/mol. The van der Waals surface area contributed by atoms with Gasteiger partial charge in [-0.25, -0.2) is 4.39 Å². The standard InChI is InChI=1S/C21H24FN3O2/c1-24(14-17-8-10-23-11-9-17)21(27)18-3-2-12-25(15-18)20(26)13-16-4-6-19(22)7-5-16/h4-11,18H,2-3,12-15H2,1H3. The van der Waals surface area contributed by atoms with Gasteiger partial charge in [0, 0.05) is 39.1 Å². The van der Waals surface area contributed by atoms with Gasteiger partial charge in [0.2, 0.25) is 11.8 Å². The van der Waals surface area contributed by atoms with Gasteiger partial charge in [-0.05, 0) is 48.2 Å². The molecule has 3 rings (SSSR count). The van der Waals surface area contributed by atoms with Crippen molar-refractivity contribution in [3.05, 3.63) is 65.7 Å². The van der Waals surface area contributed by atoms with Gasteiger partial charge in [0.25, 0.3) is 0 Å². The zero-order valence-corrected chi connectivity index (χ0v) is 15.5. The largest absolute Gasteiger partial charge is 0.342 e. The molecule has 1 saturated heterocycles. The van der Waals surface area contributed by atoms with E-state index in [1.165, 1.54) is 12.1 Å². The summed E-state index contributed by atoms with van der Waals surface area (Å²) in [6.45, 7) is 1.64. The fraction of sp³-hybridized carbons (Fsp3) is 0.381. The highest BCUT2D eigenvalue weighted by molar-refractivity contribution is 5.82. The molecule has 1 aliphatic heterocycles. The predicted molar refractivity (Wildman–Crippen MR) is 100 cm³/mol. The van der Waals surface area contributed by atoms with Crippen molar-refractivity contribution in [3.8, 4) is 0 Å². The van der Waals surface area contributed by atoms with Crippen molar-refractivity contribution in [1.29, 1.82) is 0 Å². The number of aromatic nitrogens is 1. The Morgan fingerprint density at radius 1 is 1.15 bits per heavy atom. The van der Waals surface area contributed by atoms with E-state index >= 15 is 0 Å². The first-order chi connectivity index (χ1) is 13.0. The van der Waals surface area contributed by atoms with Gasteiger partial charge in [0.15, 0.2) is 0 Å². The quantitative estimate of drug-likeness (QED) is 0.814. The molecule has 2 amide bonds. The zero-order chi connectivity index (χ0) is 19.2. The molecule has 27 heavy (non-hydrogen) atoms. The van der Waals surface area contributed by atoms with Gasteiger partial charge >= 0.3 is 0 Å². The number of hydrogen-bond donors (Lipinski definition) is 0. The second kappa shape index (κ2) is 8.75. The van der Waals surface area contributed by atoms with Crippen LogP contribution in [-0.4, -0.2) is 46.7 Å². The van der Waals surface area contributed by atoms with Crippen LogP contribution >= 0.6 is 0 Å². The van der Waals surface area contributed by atoms with E-state index in [1.807, 2.05) is 12.1 Å². The van der Waals surface area contributed by atoms with Crippen molar-refractivity contribution in [2.24, 2.45) is 5.92 Å². The summed E-state index contributed by atoms with van der Waals surface area (Å²) in [6.07, 6.45) is 5.26. The summed E-state index contributed by atoms with van der Waals surface area (Å²) in [4.78, 5) is 32.8. The van der Waals surface area contributed by atoms with Crippen LogP contribution in [0.4, 0.5) is 4.39 Å². The minimum absolute atomic E-state index is 0.0177. The lowest BCUT2D eigenvalue weighted by molar-refractivity contribution is -0.140. The number of rotatable bonds is 5. The molecule has 0 radical (unpaired) electrons. The number of likely N-dealkylation sites (tertiary alicyclic amines) is 1. The number of halogens is 1. The van der Waals surface area contributed by atoms with E-state index in [0.717, 1.165) is 24.0 Å². The van der Waals surface area contributed by atoms with Gasteiger partial charge in [0.1, 0.15) is 5.82 Å². The van der Waals surface area contributed by atoms with Gasteiger partial charge in [-0.1, -0.05) is 12.1 Å². The number of nitrogens with zero attached hydrogens (tertiary/aromatic N) is 3. The highest BCUT2D eigenvalue weighted by Crippen LogP contribution is 2.20. The Bertz CT molecular complexity index is 780. The molecule has 0 saturated carbocycles. The molecular weight excluding hydrogens is 345 g/mol. The minimum Gasteiger partial charge on any atom is -0.342 e. The van der Waals surface area contributed by atoms with Crippen LogP contribution in [0.1, 0.15) is 24.0 Å². The fourth-order valence-corrected chi connectivity index (χ4v) is 3.45. The van der Waals surface area contributed by atoms with E-state index in [-0.39, 0.29) is 30.0 Å². The lowest BCUT2D eigenvalue weighted by Gasteiger charge is -2.34. The smallest absolute Gasteiger partial charge is 0.227 e. The molecule has 1 aliphatic rings. The maximum absolute atomic E-state index is 13.0. The van der Waals surface area contributed by atoms with E-state index in [4.69, 9.17) is 0 Å². The lowest BCUT2D eigenvalue weighted by atomic mass is 9.96. The summed E-state index contributed by atoms with van der Waals surface area (Å²) in [6, 6.07) is 9.76. The third-order valence-electron chi connectivity index (χ3n) is 4.94. The lowest BCUT2D eigenvalue weighted by Crippen LogP contribution is -2.46. The third-order valence-corrected chi connectivity index (χ3v) is 4.94. The molecule has 1 aromatic carbocycles. The Hall–Kier alpha value is -2.76. The zero-order valence-electron chi connectivity index (χ0n) is 15.5. The first kappa shape index (κ1) is 19.0. The fourth-order valence-electron chi connectivity index (χ4n) is 3.45. The molecule has 0 N–H and O–H groups in total. The van der Waals surface area contributed by atoms with Crippen LogP contribution in [0, 0.1) is 11.7 Å². The van der Waals surface area contributed by atoms with Crippen LogP contribution in [0.2, 0.25) is 0 Å². The van der Waals surface area contributed by atoms with Crippen molar-refractivity contribution < 1.29 is 14.0 Å². The average molecular weight is 369 g/mol. The van der Waals surface area contributed by atoms with E-state index in [9.17, 15) is 14.0 Å². The number of hydrogen-bond acceptors (Lipinski definition) is 3. The first-order valence-electron chi connectivity index (χ1n) is 9.19. The Morgan fingerprint density at radius 2 is 1.85 bits per heavy atom. The SMILES string of the molecule is CN(Cc1ccncc1)C(=O)C1CCCN(C(=O)Cc2ccc(F)cc2)C1. The van der Waals surface area contributed by atoms with Crippen LogP contribution in [0.3, 0.4) is 0 Å². The van der Waals surface area contributed by atoms with Gasteiger partial charge in [-0.2, -0.15) is 0 Å². The molecule has 2 aromatic rings. The minimum atomic E-state index is -0.313. The summed E-state index contributed by atoms with van der Waals surface area (Å²) in [7, 11) is 1.79. The third kappa shape index (κ3) is 5.12. The topological polar surface area (TPSA) is 53.5 Å². The highest BCUT2D eigenvalue weighted by atomic mass is 19.1. The summed E-state index contributed by atoms with van der Waals surface area (Å²) in [5.74, 6) is -0.447. The van der Waals surface area contributed by atoms with E-state index in [2.05, 4.69) is 4.98 Å². The molecule has 0 aliphatic carbocycles. The van der Waals surface area contributed by atoms with Gasteiger partial charge in [-0.15, -0.1) is 0 Å². The van der Waals surface area contributed by atoms with Crippen molar-refractivity contribution in [2.75, 3.05) is 20.1 Å². The summed E-state index contributed by atoms with van der Waals surface area (Å²) < 4.78 is 13.0. The summed E-state index contributed by atoms with van der Waals surface area (Å²) in [5, 5.41) is 0. The van der Waals surface area contributed by atoms with E-state index in [0.29, 0.717) is 19.6 Å². The van der Waals surface area contributed by atoms with Crippen LogP contribution in [-0.2, 0) is 22.6 Å². The summed E-state index contributed by atoms with van der Waals surface area (Å²) in [5.41, 5.74) is 1.81. The number of pyridine rings is 1. The predicted octanol–water partition coefficient (Wildman–Crippen LogP) is 2.66. The molecule has 0 spiro atoms. The maximum atomic E-state index is 13.0. The van der Waals surface area contributed by atoms with Crippen LogP contribution < -0.4 is 0 Å². The second-order valence-corrected chi connectivity index (χ2v) is 7.03. The van der Waals surface area contributed by atoms with Crippen LogP contribution in [0.5, 0.6) is 0 Å². The van der Waals surface area contributed by atoms with Crippen molar-refractivity contribution in [2.45, 2.75) is 25.8 Å². The molecule has 1 unspecified atom stereocenters. The first-order valence-corrected chi connectivity index (χ1v) is 9.19. The summed E-state index contributed by atoms with van der Waals surface area (Å²) >= 11 is 0. The Morgan fingerprint density at radius 3 is 2.56 bits per heavy atom. The molecule has 5 nitrogen and oxygen atoms in total. The number of amides is 2. The molecular formula is C21H24FN3O2. The van der Waals surface area contributed by atoms with Crippen molar-refractivity contribution in [3.63, 3.8) is 0 Å². The Balaban J connectivity index is 1.57. The number of benzene rings is 1. The van der Waals surface area contributed by atoms with Crippen LogP contribution in [0.25, 0.3) is 0 Å². The number of carbonyl (C=O) groups is 2. The Kier molecular flexibility index (Phi) is 6.16. The molecule has 2 heterocycles. The second-order valence-electron chi connectivity index (χ2n) is 7.03. The van der Waals surface area contributed by atoms with Crippen molar-refractivity contribution in [1.82, 2.24) is 14.8 Å². The average Bonchev–Trinajstić information content (AvgIpc) is 2.70. The molecule has 6 heteroatoms. The molecule has 1 aromatic heterocycles. The maximum Gasteiger partial charge on any atom is 0.227 e. The van der Waals surface area contributed by atoms with Gasteiger partial charge in [0.05, 0.1) is 12.3 Å². The van der Waals surface area contributed by atoms with E-state index in [1.54, 1.807) is 41.4 Å². The molecule has 0 bridgehead atoms.